The summed E-state index contributed by atoms with van der Waals surface area (Å²) in [6.45, 7) is 5.00. The Morgan fingerprint density at radius 2 is 2.09 bits per heavy atom. The molecule has 1 unspecified atom stereocenters. The molecule has 0 radical (unpaired) electrons. The van der Waals surface area contributed by atoms with Crippen LogP contribution in [0.1, 0.15) is 26.7 Å². The molecule has 0 bridgehead atoms. The summed E-state index contributed by atoms with van der Waals surface area (Å²) in [5, 5.41) is 5.78. The summed E-state index contributed by atoms with van der Waals surface area (Å²) in [7, 11) is 1.67. The van der Waals surface area contributed by atoms with Crippen LogP contribution in [-0.2, 0) is 4.79 Å². The number of carbonyl (C=O) groups excluding carboxylic acids is 1. The molecule has 0 saturated heterocycles. The van der Waals surface area contributed by atoms with Crippen LogP contribution in [0.3, 0.4) is 0 Å². The zero-order valence-corrected chi connectivity index (χ0v) is 7.61. The van der Waals surface area contributed by atoms with Gasteiger partial charge in [0.25, 0.3) is 0 Å². The van der Waals surface area contributed by atoms with E-state index in [0.29, 0.717) is 0 Å². The topological polar surface area (TPSA) is 41.1 Å². The molecule has 0 heterocycles. The lowest BCUT2D eigenvalue weighted by atomic mass is 10.2. The highest BCUT2D eigenvalue weighted by molar-refractivity contribution is 5.81. The minimum Gasteiger partial charge on any atom is -0.358 e. The molecule has 0 aromatic rings. The summed E-state index contributed by atoms with van der Waals surface area (Å²) in [6, 6.07) is -0.0139. The van der Waals surface area contributed by atoms with Crippen LogP contribution in [0.25, 0.3) is 0 Å². The average molecular weight is 158 g/mol. The lowest BCUT2D eigenvalue weighted by Gasteiger charge is -2.13. The average Bonchev–Trinajstić information content (AvgIpc) is 2.05. The maximum atomic E-state index is 11.1. The van der Waals surface area contributed by atoms with Gasteiger partial charge in [-0.25, -0.2) is 0 Å². The van der Waals surface area contributed by atoms with Gasteiger partial charge in [-0.2, -0.15) is 0 Å². The van der Waals surface area contributed by atoms with Crippen molar-refractivity contribution >= 4 is 5.91 Å². The van der Waals surface area contributed by atoms with E-state index in [1.54, 1.807) is 7.05 Å². The highest BCUT2D eigenvalue weighted by Gasteiger charge is 2.11. The third-order valence-electron chi connectivity index (χ3n) is 1.61. The van der Waals surface area contributed by atoms with E-state index in [4.69, 9.17) is 0 Å². The van der Waals surface area contributed by atoms with Gasteiger partial charge in [-0.05, 0) is 19.4 Å². The number of likely N-dealkylation sites (N-methyl/N-ethyl adjacent to an activating group) is 1. The van der Waals surface area contributed by atoms with E-state index in [9.17, 15) is 4.79 Å². The lowest BCUT2D eigenvalue weighted by molar-refractivity contribution is -0.122. The fourth-order valence-electron chi connectivity index (χ4n) is 0.915. The fraction of sp³-hybridized carbons (Fsp3) is 0.875. The third-order valence-corrected chi connectivity index (χ3v) is 1.61. The van der Waals surface area contributed by atoms with Crippen molar-refractivity contribution in [3.63, 3.8) is 0 Å². The molecular weight excluding hydrogens is 140 g/mol. The molecule has 1 atom stereocenters. The Labute approximate surface area is 68.6 Å². The Morgan fingerprint density at radius 3 is 2.45 bits per heavy atom. The van der Waals surface area contributed by atoms with E-state index in [1.807, 2.05) is 6.92 Å². The summed E-state index contributed by atoms with van der Waals surface area (Å²) in [6.07, 6.45) is 1.91. The number of rotatable bonds is 5. The number of amides is 1. The second kappa shape index (κ2) is 6.16. The molecule has 0 saturated carbocycles. The predicted octanol–water partition coefficient (Wildman–Crippen LogP) is 0.511. The third kappa shape index (κ3) is 3.98. The smallest absolute Gasteiger partial charge is 0.236 e. The molecule has 0 aliphatic heterocycles. The maximum absolute atomic E-state index is 11.1. The molecule has 2 N–H and O–H groups in total. The zero-order valence-electron chi connectivity index (χ0n) is 7.61. The van der Waals surface area contributed by atoms with Crippen molar-refractivity contribution in [3.05, 3.63) is 0 Å². The molecule has 0 aromatic heterocycles. The molecule has 1 amide bonds. The quantitative estimate of drug-likeness (QED) is 0.612. The fourth-order valence-corrected chi connectivity index (χ4v) is 0.915. The van der Waals surface area contributed by atoms with E-state index >= 15 is 0 Å². The monoisotopic (exact) mass is 158 g/mol. The molecule has 0 rings (SSSR count). The van der Waals surface area contributed by atoms with E-state index in [2.05, 4.69) is 17.6 Å². The zero-order chi connectivity index (χ0) is 8.69. The van der Waals surface area contributed by atoms with Crippen LogP contribution < -0.4 is 10.6 Å². The van der Waals surface area contributed by atoms with Crippen LogP contribution in [0.15, 0.2) is 0 Å². The van der Waals surface area contributed by atoms with Gasteiger partial charge in [0.2, 0.25) is 5.91 Å². The minimum atomic E-state index is -0.0139. The molecule has 0 aliphatic carbocycles. The lowest BCUT2D eigenvalue weighted by Crippen LogP contribution is -2.42. The van der Waals surface area contributed by atoms with Gasteiger partial charge in [-0.3, -0.25) is 4.79 Å². The van der Waals surface area contributed by atoms with Gasteiger partial charge in [-0.1, -0.05) is 13.8 Å². The minimum absolute atomic E-state index is 0.0139. The van der Waals surface area contributed by atoms with Gasteiger partial charge in [0.1, 0.15) is 0 Å². The Kier molecular flexibility index (Phi) is 5.84. The standard InChI is InChI=1S/C8H18N2O/c1-4-6-10-7(5-2)8(11)9-3/h7,10H,4-6H2,1-3H3,(H,9,11). The van der Waals surface area contributed by atoms with Crippen molar-refractivity contribution in [3.8, 4) is 0 Å². The Bertz CT molecular complexity index is 115. The van der Waals surface area contributed by atoms with Crippen molar-refractivity contribution in [1.82, 2.24) is 10.6 Å². The molecule has 0 aliphatic rings. The second-order valence-corrected chi connectivity index (χ2v) is 2.53. The second-order valence-electron chi connectivity index (χ2n) is 2.53. The van der Waals surface area contributed by atoms with Gasteiger partial charge < -0.3 is 10.6 Å². The summed E-state index contributed by atoms with van der Waals surface area (Å²) >= 11 is 0. The normalized spacial score (nSPS) is 12.6. The van der Waals surface area contributed by atoms with Crippen molar-refractivity contribution < 1.29 is 4.79 Å². The molecule has 0 aromatic carbocycles. The van der Waals surface area contributed by atoms with Crippen LogP contribution >= 0.6 is 0 Å². The van der Waals surface area contributed by atoms with Crippen molar-refractivity contribution in [2.24, 2.45) is 0 Å². The van der Waals surface area contributed by atoms with Gasteiger partial charge in [0.15, 0.2) is 0 Å². The van der Waals surface area contributed by atoms with Crippen molar-refractivity contribution in [1.29, 1.82) is 0 Å². The highest BCUT2D eigenvalue weighted by Crippen LogP contribution is 1.90. The Hall–Kier alpha value is -0.570. The largest absolute Gasteiger partial charge is 0.358 e. The first-order chi connectivity index (χ1) is 5.26. The van der Waals surface area contributed by atoms with Crippen LogP contribution in [0.2, 0.25) is 0 Å². The molecule has 3 nitrogen and oxygen atoms in total. The van der Waals surface area contributed by atoms with E-state index in [0.717, 1.165) is 19.4 Å². The summed E-state index contributed by atoms with van der Waals surface area (Å²) in [5.74, 6) is 0.0842. The van der Waals surface area contributed by atoms with E-state index in [1.165, 1.54) is 0 Å². The molecule has 0 spiro atoms. The molecule has 3 heteroatoms. The number of carbonyl (C=O) groups is 1. The molecule has 66 valence electrons. The predicted molar refractivity (Wildman–Crippen MR) is 46.4 cm³/mol. The molecular formula is C8H18N2O. The first-order valence-electron chi connectivity index (χ1n) is 4.21. The highest BCUT2D eigenvalue weighted by atomic mass is 16.2. The van der Waals surface area contributed by atoms with Gasteiger partial charge in [0, 0.05) is 7.05 Å². The van der Waals surface area contributed by atoms with Crippen LogP contribution in [0, 0.1) is 0 Å². The van der Waals surface area contributed by atoms with Crippen LogP contribution in [0.5, 0.6) is 0 Å². The van der Waals surface area contributed by atoms with Gasteiger partial charge in [0.05, 0.1) is 6.04 Å². The van der Waals surface area contributed by atoms with E-state index in [-0.39, 0.29) is 11.9 Å². The SMILES string of the molecule is CCCNC(CC)C(=O)NC. The Morgan fingerprint density at radius 1 is 1.45 bits per heavy atom. The van der Waals surface area contributed by atoms with Crippen LogP contribution in [0.4, 0.5) is 0 Å². The summed E-state index contributed by atoms with van der Waals surface area (Å²) < 4.78 is 0. The van der Waals surface area contributed by atoms with Crippen LogP contribution in [-0.4, -0.2) is 25.5 Å². The first kappa shape index (κ1) is 10.4. The molecule has 11 heavy (non-hydrogen) atoms. The van der Waals surface area contributed by atoms with E-state index < -0.39 is 0 Å². The number of nitrogens with one attached hydrogen (secondary N) is 2. The summed E-state index contributed by atoms with van der Waals surface area (Å²) in [5.41, 5.74) is 0. The Balaban J connectivity index is 3.65. The van der Waals surface area contributed by atoms with Crippen molar-refractivity contribution in [2.45, 2.75) is 32.7 Å². The number of hydrogen-bond acceptors (Lipinski definition) is 2. The van der Waals surface area contributed by atoms with Gasteiger partial charge >= 0.3 is 0 Å². The number of hydrogen-bond donors (Lipinski definition) is 2. The van der Waals surface area contributed by atoms with Crippen molar-refractivity contribution in [2.75, 3.05) is 13.6 Å². The summed E-state index contributed by atoms with van der Waals surface area (Å²) in [4.78, 5) is 11.1. The first-order valence-corrected chi connectivity index (χ1v) is 4.21. The van der Waals surface area contributed by atoms with Gasteiger partial charge in [-0.15, -0.1) is 0 Å². The molecule has 0 fully saturated rings. The maximum Gasteiger partial charge on any atom is 0.236 e.